The van der Waals surface area contributed by atoms with E-state index in [1.807, 2.05) is 0 Å². The molecule has 1 unspecified atom stereocenters. The zero-order valence-electron chi connectivity index (χ0n) is 13.5. The smallest absolute Gasteiger partial charge is 0.0243 e. The predicted molar refractivity (Wildman–Crippen MR) is 82.2 cm³/mol. The van der Waals surface area contributed by atoms with E-state index in [2.05, 4.69) is 56.9 Å². The molecule has 0 aliphatic rings. The van der Waals surface area contributed by atoms with Crippen LogP contribution in [0.5, 0.6) is 0 Å². The van der Waals surface area contributed by atoms with Crippen LogP contribution in [-0.2, 0) is 0 Å². The molecule has 0 aliphatic heterocycles. The Morgan fingerprint density at radius 1 is 1.06 bits per heavy atom. The van der Waals surface area contributed by atoms with Gasteiger partial charge in [0.2, 0.25) is 0 Å². The van der Waals surface area contributed by atoms with E-state index < -0.39 is 0 Å². The topological polar surface area (TPSA) is 18.5 Å². The highest BCUT2D eigenvalue weighted by Crippen LogP contribution is 2.10. The summed E-state index contributed by atoms with van der Waals surface area (Å²) < 4.78 is 0. The van der Waals surface area contributed by atoms with Crippen molar-refractivity contribution in [2.45, 2.75) is 46.6 Å². The van der Waals surface area contributed by atoms with Gasteiger partial charge in [0.15, 0.2) is 0 Å². The van der Waals surface area contributed by atoms with E-state index in [1.54, 1.807) is 0 Å². The van der Waals surface area contributed by atoms with Gasteiger partial charge in [0, 0.05) is 12.6 Å². The standard InChI is InChI=1S/C15H35N3/c1-7-10-16-13-15(14(3)4)18(8-2)12-9-11-17(5)6/h14-16H,7-13H2,1-6H3. The maximum Gasteiger partial charge on any atom is 0.0243 e. The van der Waals surface area contributed by atoms with Crippen LogP contribution < -0.4 is 5.32 Å². The van der Waals surface area contributed by atoms with Crippen molar-refractivity contribution < 1.29 is 0 Å². The molecule has 3 heteroatoms. The summed E-state index contributed by atoms with van der Waals surface area (Å²) >= 11 is 0. The maximum atomic E-state index is 3.58. The van der Waals surface area contributed by atoms with Crippen molar-refractivity contribution in [3.63, 3.8) is 0 Å². The first-order valence-electron chi connectivity index (χ1n) is 7.62. The predicted octanol–water partition coefficient (Wildman–Crippen LogP) is 2.28. The van der Waals surface area contributed by atoms with Crippen molar-refractivity contribution in [3.05, 3.63) is 0 Å². The Morgan fingerprint density at radius 2 is 1.72 bits per heavy atom. The van der Waals surface area contributed by atoms with Crippen molar-refractivity contribution in [3.8, 4) is 0 Å². The van der Waals surface area contributed by atoms with Gasteiger partial charge in [-0.15, -0.1) is 0 Å². The Kier molecular flexibility index (Phi) is 10.7. The number of hydrogen-bond acceptors (Lipinski definition) is 3. The first-order chi connectivity index (χ1) is 8.52. The quantitative estimate of drug-likeness (QED) is 0.573. The van der Waals surface area contributed by atoms with Crippen LogP contribution in [0.3, 0.4) is 0 Å². The van der Waals surface area contributed by atoms with Gasteiger partial charge >= 0.3 is 0 Å². The van der Waals surface area contributed by atoms with Gasteiger partial charge in [-0.3, -0.25) is 4.90 Å². The van der Waals surface area contributed by atoms with Crippen LogP contribution in [0.4, 0.5) is 0 Å². The summed E-state index contributed by atoms with van der Waals surface area (Å²) in [6, 6.07) is 0.670. The molecular formula is C15H35N3. The Bertz CT molecular complexity index is 181. The number of rotatable bonds is 11. The molecule has 0 spiro atoms. The van der Waals surface area contributed by atoms with Gasteiger partial charge < -0.3 is 10.2 Å². The van der Waals surface area contributed by atoms with Gasteiger partial charge in [-0.1, -0.05) is 27.7 Å². The normalized spacial score (nSPS) is 13.8. The maximum absolute atomic E-state index is 3.58. The first-order valence-corrected chi connectivity index (χ1v) is 7.62. The molecule has 0 rings (SSSR count). The molecule has 1 atom stereocenters. The van der Waals surface area contributed by atoms with Gasteiger partial charge in [0.1, 0.15) is 0 Å². The monoisotopic (exact) mass is 257 g/mol. The van der Waals surface area contributed by atoms with E-state index in [1.165, 1.54) is 25.9 Å². The van der Waals surface area contributed by atoms with Crippen molar-refractivity contribution in [2.75, 3.05) is 46.8 Å². The van der Waals surface area contributed by atoms with Gasteiger partial charge in [-0.05, 0) is 59.0 Å². The SMILES string of the molecule is CCCNCC(C(C)C)N(CC)CCCN(C)C. The molecule has 0 bridgehead atoms. The molecule has 0 amide bonds. The van der Waals surface area contributed by atoms with E-state index in [0.29, 0.717) is 12.0 Å². The summed E-state index contributed by atoms with van der Waals surface area (Å²) in [5.41, 5.74) is 0. The summed E-state index contributed by atoms with van der Waals surface area (Å²) in [5, 5.41) is 3.58. The second kappa shape index (κ2) is 10.8. The Hall–Kier alpha value is -0.120. The molecule has 0 aromatic rings. The lowest BCUT2D eigenvalue weighted by Crippen LogP contribution is -2.46. The highest BCUT2D eigenvalue weighted by Gasteiger charge is 2.19. The minimum Gasteiger partial charge on any atom is -0.315 e. The molecule has 0 aromatic heterocycles. The summed E-state index contributed by atoms with van der Waals surface area (Å²) in [4.78, 5) is 4.91. The fourth-order valence-corrected chi connectivity index (χ4v) is 2.36. The summed E-state index contributed by atoms with van der Waals surface area (Å²) in [5.74, 6) is 0.716. The molecular weight excluding hydrogens is 222 g/mol. The lowest BCUT2D eigenvalue weighted by atomic mass is 10.0. The lowest BCUT2D eigenvalue weighted by Gasteiger charge is -2.34. The van der Waals surface area contributed by atoms with Gasteiger partial charge in [0.25, 0.3) is 0 Å². The van der Waals surface area contributed by atoms with Crippen LogP contribution in [-0.4, -0.2) is 62.7 Å². The van der Waals surface area contributed by atoms with E-state index in [0.717, 1.165) is 19.6 Å². The fraction of sp³-hybridized carbons (Fsp3) is 1.00. The van der Waals surface area contributed by atoms with E-state index in [9.17, 15) is 0 Å². The highest BCUT2D eigenvalue weighted by atomic mass is 15.2. The number of likely N-dealkylation sites (N-methyl/N-ethyl adjacent to an activating group) is 1. The van der Waals surface area contributed by atoms with E-state index >= 15 is 0 Å². The summed E-state index contributed by atoms with van der Waals surface area (Å²) in [6.07, 6.45) is 2.48. The summed E-state index contributed by atoms with van der Waals surface area (Å²) in [6.45, 7) is 15.0. The minimum atomic E-state index is 0.670. The third kappa shape index (κ3) is 8.06. The average Bonchev–Trinajstić information content (AvgIpc) is 2.30. The third-order valence-electron chi connectivity index (χ3n) is 3.48. The van der Waals surface area contributed by atoms with Crippen molar-refractivity contribution in [2.24, 2.45) is 5.92 Å². The zero-order chi connectivity index (χ0) is 14.0. The van der Waals surface area contributed by atoms with Crippen LogP contribution in [0, 0.1) is 5.92 Å². The molecule has 0 heterocycles. The molecule has 0 aromatic carbocycles. The number of nitrogens with one attached hydrogen (secondary N) is 1. The van der Waals surface area contributed by atoms with Crippen LogP contribution in [0.15, 0.2) is 0 Å². The molecule has 0 aliphatic carbocycles. The number of hydrogen-bond donors (Lipinski definition) is 1. The highest BCUT2D eigenvalue weighted by molar-refractivity contribution is 4.76. The Balaban J connectivity index is 4.15. The molecule has 0 saturated heterocycles. The molecule has 0 radical (unpaired) electrons. The zero-order valence-corrected chi connectivity index (χ0v) is 13.5. The van der Waals surface area contributed by atoms with Gasteiger partial charge in [0.05, 0.1) is 0 Å². The molecule has 110 valence electrons. The molecule has 1 N–H and O–H groups in total. The van der Waals surface area contributed by atoms with Crippen LogP contribution >= 0.6 is 0 Å². The molecule has 0 fully saturated rings. The van der Waals surface area contributed by atoms with Crippen LogP contribution in [0.25, 0.3) is 0 Å². The van der Waals surface area contributed by atoms with Gasteiger partial charge in [-0.25, -0.2) is 0 Å². The second-order valence-corrected chi connectivity index (χ2v) is 5.80. The lowest BCUT2D eigenvalue weighted by molar-refractivity contribution is 0.153. The van der Waals surface area contributed by atoms with E-state index in [-0.39, 0.29) is 0 Å². The third-order valence-corrected chi connectivity index (χ3v) is 3.48. The van der Waals surface area contributed by atoms with E-state index in [4.69, 9.17) is 0 Å². The Morgan fingerprint density at radius 3 is 2.17 bits per heavy atom. The Labute approximate surface area is 115 Å². The largest absolute Gasteiger partial charge is 0.315 e. The van der Waals surface area contributed by atoms with Crippen LogP contribution in [0.2, 0.25) is 0 Å². The minimum absolute atomic E-state index is 0.670. The summed E-state index contributed by atoms with van der Waals surface area (Å²) in [7, 11) is 4.30. The van der Waals surface area contributed by atoms with Crippen molar-refractivity contribution in [1.82, 2.24) is 15.1 Å². The first kappa shape index (κ1) is 17.9. The van der Waals surface area contributed by atoms with Crippen LogP contribution in [0.1, 0.15) is 40.5 Å². The van der Waals surface area contributed by atoms with Crippen molar-refractivity contribution >= 4 is 0 Å². The average molecular weight is 257 g/mol. The molecule has 18 heavy (non-hydrogen) atoms. The van der Waals surface area contributed by atoms with Crippen molar-refractivity contribution in [1.29, 1.82) is 0 Å². The fourth-order valence-electron chi connectivity index (χ4n) is 2.36. The van der Waals surface area contributed by atoms with Gasteiger partial charge in [-0.2, -0.15) is 0 Å². The number of nitrogens with zero attached hydrogens (tertiary/aromatic N) is 2. The second-order valence-electron chi connectivity index (χ2n) is 5.80. The molecule has 0 saturated carbocycles. The molecule has 3 nitrogen and oxygen atoms in total.